The Morgan fingerprint density at radius 1 is 1.71 bits per heavy atom. The second kappa shape index (κ2) is 2.55. The Bertz CT molecular complexity index is 53.7. The van der Waals surface area contributed by atoms with E-state index in [1.807, 2.05) is 0 Å². The predicted octanol–water partition coefficient (Wildman–Crippen LogP) is 0.557. The monoisotopic (exact) mass is 119 g/mol. The second-order valence-electron chi connectivity index (χ2n) is 1.63. The van der Waals surface area contributed by atoms with Gasteiger partial charge >= 0.3 is 0 Å². The summed E-state index contributed by atoms with van der Waals surface area (Å²) in [4.78, 5) is 0. The third-order valence-electron chi connectivity index (χ3n) is 1.07. The molecular weight excluding hydrogens is 110 g/mol. The molecule has 1 rings (SSSR count). The summed E-state index contributed by atoms with van der Waals surface area (Å²) in [6, 6.07) is 0. The van der Waals surface area contributed by atoms with Gasteiger partial charge in [-0.3, -0.25) is 0 Å². The van der Waals surface area contributed by atoms with Crippen LogP contribution in [-0.2, 0) is 4.74 Å². The molecule has 3 heteroatoms. The van der Waals surface area contributed by atoms with Crippen LogP contribution in [0.5, 0.6) is 0 Å². The van der Waals surface area contributed by atoms with Gasteiger partial charge in [0.1, 0.15) is 6.23 Å². The molecule has 0 bridgehead atoms. The van der Waals surface area contributed by atoms with E-state index in [1.54, 1.807) is 0 Å². The lowest BCUT2D eigenvalue weighted by Crippen LogP contribution is -2.17. The fourth-order valence-corrected chi connectivity index (χ4v) is 0.883. The topological polar surface area (TPSA) is 21.3 Å². The molecule has 1 aliphatic rings. The molecule has 7 heavy (non-hydrogen) atoms. The SMILES string of the molecule is SNC1CCCO1. The van der Waals surface area contributed by atoms with Gasteiger partial charge in [-0.25, -0.2) is 4.72 Å². The summed E-state index contributed by atoms with van der Waals surface area (Å²) in [5.74, 6) is 0. The minimum Gasteiger partial charge on any atom is -0.363 e. The molecule has 1 aliphatic heterocycles. The molecule has 1 unspecified atom stereocenters. The molecule has 1 saturated heterocycles. The Hall–Kier alpha value is 0.270. The van der Waals surface area contributed by atoms with Gasteiger partial charge in [0.05, 0.1) is 0 Å². The van der Waals surface area contributed by atoms with E-state index in [1.165, 1.54) is 0 Å². The van der Waals surface area contributed by atoms with Crippen LogP contribution in [0, 0.1) is 0 Å². The molecule has 0 saturated carbocycles. The highest BCUT2D eigenvalue weighted by atomic mass is 32.1. The van der Waals surface area contributed by atoms with E-state index in [0.717, 1.165) is 19.4 Å². The molecule has 0 aromatic rings. The average Bonchev–Trinajstić information content (AvgIpc) is 2.14. The Morgan fingerprint density at radius 2 is 2.57 bits per heavy atom. The van der Waals surface area contributed by atoms with Gasteiger partial charge in [-0.05, 0) is 12.8 Å². The molecule has 1 fully saturated rings. The third kappa shape index (κ3) is 1.33. The Labute approximate surface area is 48.8 Å². The highest BCUT2D eigenvalue weighted by Crippen LogP contribution is 2.08. The Morgan fingerprint density at radius 3 is 2.86 bits per heavy atom. The van der Waals surface area contributed by atoms with Gasteiger partial charge in [-0.1, -0.05) is 12.8 Å². The van der Waals surface area contributed by atoms with E-state index < -0.39 is 0 Å². The first-order valence-electron chi connectivity index (χ1n) is 2.44. The summed E-state index contributed by atoms with van der Waals surface area (Å²) in [7, 11) is 0. The van der Waals surface area contributed by atoms with Gasteiger partial charge in [-0.2, -0.15) is 0 Å². The maximum atomic E-state index is 5.11. The largest absolute Gasteiger partial charge is 0.363 e. The minimum atomic E-state index is 0.211. The molecule has 1 heterocycles. The van der Waals surface area contributed by atoms with Gasteiger partial charge in [-0.15, -0.1) is 0 Å². The zero-order valence-corrected chi connectivity index (χ0v) is 4.95. The van der Waals surface area contributed by atoms with Gasteiger partial charge in [0.15, 0.2) is 0 Å². The molecule has 0 spiro atoms. The zero-order valence-electron chi connectivity index (χ0n) is 4.05. The highest BCUT2D eigenvalue weighted by molar-refractivity contribution is 7.78. The lowest BCUT2D eigenvalue weighted by molar-refractivity contribution is 0.106. The van der Waals surface area contributed by atoms with Crippen molar-refractivity contribution in [3.05, 3.63) is 0 Å². The van der Waals surface area contributed by atoms with Crippen molar-refractivity contribution < 1.29 is 4.74 Å². The summed E-state index contributed by atoms with van der Waals surface area (Å²) in [6.45, 7) is 0.887. The van der Waals surface area contributed by atoms with Crippen molar-refractivity contribution in [2.75, 3.05) is 6.61 Å². The van der Waals surface area contributed by atoms with Crippen LogP contribution < -0.4 is 4.72 Å². The number of hydrogen-bond donors (Lipinski definition) is 2. The van der Waals surface area contributed by atoms with E-state index in [2.05, 4.69) is 17.5 Å². The van der Waals surface area contributed by atoms with Crippen molar-refractivity contribution in [3.8, 4) is 0 Å². The summed E-state index contributed by atoms with van der Waals surface area (Å²) in [5, 5.41) is 0. The Kier molecular flexibility index (Phi) is 1.97. The van der Waals surface area contributed by atoms with Crippen LogP contribution in [0.25, 0.3) is 0 Å². The van der Waals surface area contributed by atoms with E-state index in [9.17, 15) is 0 Å². The molecule has 0 aromatic heterocycles. The van der Waals surface area contributed by atoms with Crippen LogP contribution in [0.3, 0.4) is 0 Å². The average molecular weight is 119 g/mol. The lowest BCUT2D eigenvalue weighted by atomic mass is 10.3. The van der Waals surface area contributed by atoms with Gasteiger partial charge < -0.3 is 4.74 Å². The zero-order chi connectivity index (χ0) is 5.11. The van der Waals surface area contributed by atoms with Crippen LogP contribution in [0.15, 0.2) is 0 Å². The van der Waals surface area contributed by atoms with E-state index in [-0.39, 0.29) is 6.23 Å². The molecule has 0 aromatic carbocycles. The minimum absolute atomic E-state index is 0.211. The first-order valence-corrected chi connectivity index (χ1v) is 2.89. The van der Waals surface area contributed by atoms with Gasteiger partial charge in [0.25, 0.3) is 0 Å². The first-order chi connectivity index (χ1) is 3.43. The standard InChI is InChI=1S/C4H9NOS/c7-5-4-2-1-3-6-4/h4-5,7H,1-3H2. The number of ether oxygens (including phenoxy) is 1. The maximum Gasteiger partial charge on any atom is 0.116 e. The molecule has 0 aliphatic carbocycles. The van der Waals surface area contributed by atoms with E-state index >= 15 is 0 Å². The molecule has 1 N–H and O–H groups in total. The predicted molar refractivity (Wildman–Crippen MR) is 31.1 cm³/mol. The van der Waals surface area contributed by atoms with Crippen molar-refractivity contribution in [1.29, 1.82) is 0 Å². The van der Waals surface area contributed by atoms with Gasteiger partial charge in [0, 0.05) is 6.61 Å². The first kappa shape index (κ1) is 5.41. The normalized spacial score (nSPS) is 31.3. The fraction of sp³-hybridized carbons (Fsp3) is 1.00. The summed E-state index contributed by atoms with van der Waals surface area (Å²) in [5.41, 5.74) is 0. The molecule has 0 amide bonds. The van der Waals surface area contributed by atoms with Crippen molar-refractivity contribution in [2.45, 2.75) is 19.1 Å². The molecule has 2 nitrogen and oxygen atoms in total. The van der Waals surface area contributed by atoms with Crippen LogP contribution in [0.1, 0.15) is 12.8 Å². The van der Waals surface area contributed by atoms with E-state index in [0.29, 0.717) is 0 Å². The molecular formula is C4H9NOS. The number of hydrogen-bond acceptors (Lipinski definition) is 3. The quantitative estimate of drug-likeness (QED) is 0.492. The molecule has 42 valence electrons. The summed E-state index contributed by atoms with van der Waals surface area (Å²) < 4.78 is 7.85. The molecule has 0 radical (unpaired) electrons. The van der Waals surface area contributed by atoms with E-state index in [4.69, 9.17) is 4.74 Å². The van der Waals surface area contributed by atoms with Crippen molar-refractivity contribution in [1.82, 2.24) is 4.72 Å². The fourth-order valence-electron chi connectivity index (χ4n) is 0.679. The van der Waals surface area contributed by atoms with Crippen molar-refractivity contribution >= 4 is 12.8 Å². The van der Waals surface area contributed by atoms with Crippen LogP contribution in [0.2, 0.25) is 0 Å². The van der Waals surface area contributed by atoms with Gasteiger partial charge in [0.2, 0.25) is 0 Å². The van der Waals surface area contributed by atoms with Crippen LogP contribution in [-0.4, -0.2) is 12.8 Å². The highest BCUT2D eigenvalue weighted by Gasteiger charge is 2.11. The maximum absolute atomic E-state index is 5.11. The summed E-state index contributed by atoms with van der Waals surface area (Å²) >= 11 is 3.84. The molecule has 1 atom stereocenters. The third-order valence-corrected chi connectivity index (χ3v) is 1.36. The number of rotatable bonds is 1. The van der Waals surface area contributed by atoms with Crippen molar-refractivity contribution in [2.24, 2.45) is 0 Å². The van der Waals surface area contributed by atoms with Crippen molar-refractivity contribution in [3.63, 3.8) is 0 Å². The number of thiol groups is 1. The number of nitrogens with one attached hydrogen (secondary N) is 1. The smallest absolute Gasteiger partial charge is 0.116 e. The Balaban J connectivity index is 2.14. The lowest BCUT2D eigenvalue weighted by Gasteiger charge is -2.02. The van der Waals surface area contributed by atoms with Crippen LogP contribution in [0.4, 0.5) is 0 Å². The second-order valence-corrected chi connectivity index (χ2v) is 1.89. The van der Waals surface area contributed by atoms with Crippen LogP contribution >= 0.6 is 12.8 Å². The summed E-state index contributed by atoms with van der Waals surface area (Å²) in [6.07, 6.45) is 2.48.